The molecule has 0 fully saturated rings. The van der Waals surface area contributed by atoms with E-state index in [1.165, 1.54) is 34.4 Å². The number of thiophene rings is 1. The third kappa shape index (κ3) is 3.24. The van der Waals surface area contributed by atoms with Crippen LogP contribution in [0.3, 0.4) is 0 Å². The van der Waals surface area contributed by atoms with Crippen LogP contribution >= 0.6 is 22.9 Å². The van der Waals surface area contributed by atoms with Gasteiger partial charge in [-0.05, 0) is 30.3 Å². The Kier molecular flexibility index (Phi) is 4.07. The number of carbonyl (C=O) groups is 1. The van der Waals surface area contributed by atoms with Crippen molar-refractivity contribution in [1.82, 2.24) is 4.90 Å². The van der Waals surface area contributed by atoms with Crippen molar-refractivity contribution < 1.29 is 9.18 Å². The van der Waals surface area contributed by atoms with Gasteiger partial charge in [0.1, 0.15) is 5.82 Å². The van der Waals surface area contributed by atoms with E-state index in [-0.39, 0.29) is 5.56 Å². The fourth-order valence-corrected chi connectivity index (χ4v) is 2.80. The van der Waals surface area contributed by atoms with Crippen LogP contribution in [0.1, 0.15) is 15.2 Å². The van der Waals surface area contributed by atoms with Crippen LogP contribution in [-0.4, -0.2) is 17.9 Å². The molecular weight excluding hydrogens is 287 g/mol. The quantitative estimate of drug-likeness (QED) is 0.883. The first-order valence-electron chi connectivity index (χ1n) is 5.52. The highest BCUT2D eigenvalue weighted by atomic mass is 35.5. The van der Waals surface area contributed by atoms with Gasteiger partial charge in [-0.2, -0.15) is 0 Å². The molecule has 1 heterocycles. The summed E-state index contributed by atoms with van der Waals surface area (Å²) in [5.41, 5.74) is 5.90. The summed E-state index contributed by atoms with van der Waals surface area (Å²) in [6.45, 7) is 0.379. The van der Waals surface area contributed by atoms with Crippen molar-refractivity contribution in [1.29, 1.82) is 0 Å². The second kappa shape index (κ2) is 5.59. The Hall–Kier alpha value is -1.59. The maximum absolute atomic E-state index is 13.6. The molecule has 2 N–H and O–H groups in total. The lowest BCUT2D eigenvalue weighted by Gasteiger charge is -2.16. The second-order valence-electron chi connectivity index (χ2n) is 4.11. The predicted octanol–water partition coefficient (Wildman–Crippen LogP) is 3.40. The fraction of sp³-hybridized carbons (Fsp3) is 0.154. The van der Waals surface area contributed by atoms with Gasteiger partial charge in [-0.15, -0.1) is 11.3 Å². The number of nitrogens with zero attached hydrogens (tertiary/aromatic N) is 1. The molecule has 3 nitrogen and oxygen atoms in total. The zero-order valence-electron chi connectivity index (χ0n) is 10.2. The molecule has 0 radical (unpaired) electrons. The lowest BCUT2D eigenvalue weighted by atomic mass is 10.1. The molecule has 0 spiro atoms. The minimum absolute atomic E-state index is 0.0230. The number of nitrogen functional groups attached to an aromatic ring is 1. The number of amides is 1. The predicted molar refractivity (Wildman–Crippen MR) is 75.9 cm³/mol. The van der Waals surface area contributed by atoms with Crippen LogP contribution in [0.4, 0.5) is 10.1 Å². The van der Waals surface area contributed by atoms with E-state index in [1.54, 1.807) is 13.1 Å². The summed E-state index contributed by atoms with van der Waals surface area (Å²) in [5, 5.41) is 0. The van der Waals surface area contributed by atoms with Crippen LogP contribution in [-0.2, 0) is 6.54 Å². The number of nitrogens with two attached hydrogens (primary N) is 1. The van der Waals surface area contributed by atoms with E-state index in [0.29, 0.717) is 16.6 Å². The van der Waals surface area contributed by atoms with E-state index in [2.05, 4.69) is 0 Å². The van der Waals surface area contributed by atoms with Crippen LogP contribution in [0, 0.1) is 5.82 Å². The summed E-state index contributed by atoms with van der Waals surface area (Å²) in [4.78, 5) is 14.5. The number of hydrogen-bond acceptors (Lipinski definition) is 3. The first kappa shape index (κ1) is 13.8. The van der Waals surface area contributed by atoms with Gasteiger partial charge in [-0.25, -0.2) is 4.39 Å². The molecule has 0 saturated carbocycles. The highest BCUT2D eigenvalue weighted by molar-refractivity contribution is 7.16. The topological polar surface area (TPSA) is 46.3 Å². The molecule has 2 aromatic rings. The Bertz CT molecular complexity index is 614. The van der Waals surface area contributed by atoms with Crippen LogP contribution in [0.15, 0.2) is 30.3 Å². The largest absolute Gasteiger partial charge is 0.399 e. The van der Waals surface area contributed by atoms with Gasteiger partial charge < -0.3 is 10.6 Å². The molecule has 2 rings (SSSR count). The number of hydrogen-bond donors (Lipinski definition) is 1. The van der Waals surface area contributed by atoms with Gasteiger partial charge in [-0.3, -0.25) is 4.79 Å². The molecule has 0 saturated heterocycles. The Morgan fingerprint density at radius 2 is 2.16 bits per heavy atom. The zero-order valence-corrected chi connectivity index (χ0v) is 11.8. The van der Waals surface area contributed by atoms with Crippen LogP contribution < -0.4 is 5.73 Å². The van der Waals surface area contributed by atoms with E-state index < -0.39 is 11.7 Å². The lowest BCUT2D eigenvalue weighted by Crippen LogP contribution is -2.26. The fourth-order valence-electron chi connectivity index (χ4n) is 1.65. The molecular formula is C13H12ClFN2OS. The first-order valence-corrected chi connectivity index (χ1v) is 6.71. The van der Waals surface area contributed by atoms with Gasteiger partial charge >= 0.3 is 0 Å². The van der Waals surface area contributed by atoms with Gasteiger partial charge in [0.2, 0.25) is 0 Å². The van der Waals surface area contributed by atoms with Crippen molar-refractivity contribution in [3.8, 4) is 0 Å². The van der Waals surface area contributed by atoms with Crippen molar-refractivity contribution in [2.24, 2.45) is 0 Å². The molecule has 0 bridgehead atoms. The first-order chi connectivity index (χ1) is 8.97. The number of anilines is 1. The van der Waals surface area contributed by atoms with E-state index in [4.69, 9.17) is 17.3 Å². The summed E-state index contributed by atoms with van der Waals surface area (Å²) in [5.74, 6) is -0.982. The molecule has 19 heavy (non-hydrogen) atoms. The van der Waals surface area contributed by atoms with Crippen LogP contribution in [0.2, 0.25) is 4.34 Å². The maximum Gasteiger partial charge on any atom is 0.256 e. The average molecular weight is 299 g/mol. The van der Waals surface area contributed by atoms with Crippen molar-refractivity contribution in [2.45, 2.75) is 6.54 Å². The summed E-state index contributed by atoms with van der Waals surface area (Å²) in [6, 6.07) is 7.56. The van der Waals surface area contributed by atoms with Gasteiger partial charge in [0, 0.05) is 17.6 Å². The molecule has 0 unspecified atom stereocenters. The highest BCUT2D eigenvalue weighted by Crippen LogP contribution is 2.23. The van der Waals surface area contributed by atoms with Crippen LogP contribution in [0.25, 0.3) is 0 Å². The van der Waals surface area contributed by atoms with Crippen molar-refractivity contribution >= 4 is 34.5 Å². The molecule has 0 atom stereocenters. The molecule has 0 aliphatic rings. The Morgan fingerprint density at radius 1 is 1.42 bits per heavy atom. The minimum atomic E-state index is -0.574. The third-order valence-corrected chi connectivity index (χ3v) is 3.81. The molecule has 1 aromatic heterocycles. The summed E-state index contributed by atoms with van der Waals surface area (Å²) < 4.78 is 14.3. The molecule has 1 aromatic carbocycles. The zero-order chi connectivity index (χ0) is 14.0. The van der Waals surface area contributed by atoms with Crippen molar-refractivity contribution in [3.05, 3.63) is 50.9 Å². The van der Waals surface area contributed by atoms with Crippen LogP contribution in [0.5, 0.6) is 0 Å². The summed E-state index contributed by atoms with van der Waals surface area (Å²) in [6.07, 6.45) is 0. The number of halogens is 2. The highest BCUT2D eigenvalue weighted by Gasteiger charge is 2.17. The molecule has 100 valence electrons. The molecule has 0 aliphatic carbocycles. The Labute approximate surface area is 119 Å². The van der Waals surface area contributed by atoms with Crippen molar-refractivity contribution in [3.63, 3.8) is 0 Å². The van der Waals surface area contributed by atoms with Gasteiger partial charge in [0.05, 0.1) is 16.4 Å². The monoisotopic (exact) mass is 298 g/mol. The van der Waals surface area contributed by atoms with E-state index in [1.807, 2.05) is 6.07 Å². The van der Waals surface area contributed by atoms with E-state index in [9.17, 15) is 9.18 Å². The lowest BCUT2D eigenvalue weighted by molar-refractivity contribution is 0.0782. The molecule has 1 amide bonds. The summed E-state index contributed by atoms with van der Waals surface area (Å²) >= 11 is 7.21. The number of rotatable bonds is 3. The second-order valence-corrected chi connectivity index (χ2v) is 5.91. The average Bonchev–Trinajstić information content (AvgIpc) is 2.77. The molecule has 6 heteroatoms. The smallest absolute Gasteiger partial charge is 0.256 e. The Balaban J connectivity index is 2.16. The Morgan fingerprint density at radius 3 is 2.79 bits per heavy atom. The standard InChI is InChI=1S/C13H12ClFN2OS/c1-17(7-9-3-5-12(14)19-9)13(18)10-6-8(16)2-4-11(10)15/h2-6H,7,16H2,1H3. The molecule has 0 aliphatic heterocycles. The van der Waals surface area contributed by atoms with Crippen molar-refractivity contribution in [2.75, 3.05) is 12.8 Å². The summed E-state index contributed by atoms with van der Waals surface area (Å²) in [7, 11) is 1.61. The van der Waals surface area contributed by atoms with E-state index in [0.717, 1.165) is 4.88 Å². The number of benzene rings is 1. The van der Waals surface area contributed by atoms with Gasteiger partial charge in [0.25, 0.3) is 5.91 Å². The normalized spacial score (nSPS) is 10.5. The SMILES string of the molecule is CN(Cc1ccc(Cl)s1)C(=O)c1cc(N)ccc1F. The maximum atomic E-state index is 13.6. The minimum Gasteiger partial charge on any atom is -0.399 e. The van der Waals surface area contributed by atoms with E-state index >= 15 is 0 Å². The number of carbonyl (C=O) groups excluding carboxylic acids is 1. The van der Waals surface area contributed by atoms with Gasteiger partial charge in [0.15, 0.2) is 0 Å². The third-order valence-electron chi connectivity index (χ3n) is 2.59. The van der Waals surface area contributed by atoms with Gasteiger partial charge in [-0.1, -0.05) is 11.6 Å².